The highest BCUT2D eigenvalue weighted by Gasteiger charge is 2.23. The molecule has 19 heavy (non-hydrogen) atoms. The van der Waals surface area contributed by atoms with E-state index < -0.39 is 5.60 Å². The summed E-state index contributed by atoms with van der Waals surface area (Å²) in [6, 6.07) is 16.8. The molecule has 0 amide bonds. The van der Waals surface area contributed by atoms with Gasteiger partial charge in [-0.25, -0.2) is 0 Å². The molecule has 0 saturated carbocycles. The Morgan fingerprint density at radius 1 is 0.947 bits per heavy atom. The number of hydrogen-bond acceptors (Lipinski definition) is 3. The Morgan fingerprint density at radius 3 is 2.11 bits per heavy atom. The lowest BCUT2D eigenvalue weighted by molar-refractivity contribution is 0.00759. The van der Waals surface area contributed by atoms with Crippen molar-refractivity contribution >= 4 is 0 Å². The van der Waals surface area contributed by atoms with Gasteiger partial charge in [0.05, 0.1) is 7.11 Å². The summed E-state index contributed by atoms with van der Waals surface area (Å²) in [4.78, 5) is 0. The second-order valence-corrected chi connectivity index (χ2v) is 4.60. The summed E-state index contributed by atoms with van der Waals surface area (Å²) in [5.74, 6) is 1.49. The Kier molecular flexibility index (Phi) is 4.07. The zero-order valence-electron chi connectivity index (χ0n) is 11.2. The van der Waals surface area contributed by atoms with Gasteiger partial charge in [-0.2, -0.15) is 0 Å². The molecule has 2 rings (SSSR count). The summed E-state index contributed by atoms with van der Waals surface area (Å²) in [5.41, 5.74) is -0.176. The first-order valence-electron chi connectivity index (χ1n) is 6.16. The van der Waals surface area contributed by atoms with E-state index in [1.54, 1.807) is 14.0 Å². The van der Waals surface area contributed by atoms with Crippen LogP contribution in [0.1, 0.15) is 12.5 Å². The largest absolute Gasteiger partial charge is 0.497 e. The van der Waals surface area contributed by atoms with E-state index in [9.17, 15) is 5.11 Å². The molecule has 1 atom stereocenters. The predicted octanol–water partition coefficient (Wildman–Crippen LogP) is 2.98. The zero-order valence-corrected chi connectivity index (χ0v) is 11.2. The lowest BCUT2D eigenvalue weighted by Gasteiger charge is -2.24. The van der Waals surface area contributed by atoms with Crippen LogP contribution < -0.4 is 9.47 Å². The highest BCUT2D eigenvalue weighted by atomic mass is 16.5. The third kappa shape index (κ3) is 3.48. The van der Waals surface area contributed by atoms with E-state index in [1.807, 2.05) is 54.6 Å². The molecule has 3 heteroatoms. The van der Waals surface area contributed by atoms with E-state index in [0.717, 1.165) is 11.3 Å². The van der Waals surface area contributed by atoms with Gasteiger partial charge in [0.25, 0.3) is 0 Å². The number of rotatable bonds is 5. The van der Waals surface area contributed by atoms with Crippen molar-refractivity contribution in [3.05, 3.63) is 60.2 Å². The van der Waals surface area contributed by atoms with Crippen molar-refractivity contribution in [3.63, 3.8) is 0 Å². The molecule has 0 aliphatic rings. The van der Waals surface area contributed by atoms with E-state index in [4.69, 9.17) is 9.47 Å². The van der Waals surface area contributed by atoms with Gasteiger partial charge in [0.15, 0.2) is 0 Å². The van der Waals surface area contributed by atoms with Crippen LogP contribution in [0.2, 0.25) is 0 Å². The average molecular weight is 258 g/mol. The van der Waals surface area contributed by atoms with Gasteiger partial charge in [0.1, 0.15) is 23.7 Å². The molecule has 0 aliphatic heterocycles. The van der Waals surface area contributed by atoms with Gasteiger partial charge < -0.3 is 14.6 Å². The molecule has 0 saturated heterocycles. The van der Waals surface area contributed by atoms with E-state index >= 15 is 0 Å². The first-order valence-corrected chi connectivity index (χ1v) is 6.16. The van der Waals surface area contributed by atoms with Gasteiger partial charge in [-0.3, -0.25) is 0 Å². The Balaban J connectivity index is 2.01. The van der Waals surface area contributed by atoms with E-state index in [-0.39, 0.29) is 6.61 Å². The molecule has 0 radical (unpaired) electrons. The van der Waals surface area contributed by atoms with E-state index in [1.165, 1.54) is 0 Å². The predicted molar refractivity (Wildman–Crippen MR) is 74.5 cm³/mol. The van der Waals surface area contributed by atoms with Crippen molar-refractivity contribution in [2.24, 2.45) is 0 Å². The zero-order chi connectivity index (χ0) is 13.7. The molecule has 0 heterocycles. The molecule has 0 fully saturated rings. The van der Waals surface area contributed by atoms with Gasteiger partial charge in [-0.05, 0) is 36.8 Å². The maximum absolute atomic E-state index is 10.4. The minimum absolute atomic E-state index is 0.198. The summed E-state index contributed by atoms with van der Waals surface area (Å²) in [7, 11) is 1.62. The highest BCUT2D eigenvalue weighted by Crippen LogP contribution is 2.23. The second-order valence-electron chi connectivity index (χ2n) is 4.60. The maximum atomic E-state index is 10.4. The van der Waals surface area contributed by atoms with Crippen LogP contribution in [0, 0.1) is 0 Å². The molecule has 0 aromatic heterocycles. The SMILES string of the molecule is COc1ccc(OCC(C)(O)c2ccccc2)cc1. The Hall–Kier alpha value is -2.00. The lowest BCUT2D eigenvalue weighted by Crippen LogP contribution is -2.29. The maximum Gasteiger partial charge on any atom is 0.121 e. The Morgan fingerprint density at radius 2 is 1.53 bits per heavy atom. The summed E-state index contributed by atoms with van der Waals surface area (Å²) in [6.07, 6.45) is 0. The molecular formula is C16H18O3. The van der Waals surface area contributed by atoms with Crippen molar-refractivity contribution in [2.75, 3.05) is 13.7 Å². The minimum Gasteiger partial charge on any atom is -0.497 e. The molecule has 0 aliphatic carbocycles. The molecule has 0 bridgehead atoms. The number of hydrogen-bond donors (Lipinski definition) is 1. The summed E-state index contributed by atoms with van der Waals surface area (Å²) in [5, 5.41) is 10.4. The molecular weight excluding hydrogens is 240 g/mol. The number of aliphatic hydroxyl groups is 1. The van der Waals surface area contributed by atoms with Crippen molar-refractivity contribution in [3.8, 4) is 11.5 Å². The quantitative estimate of drug-likeness (QED) is 0.896. The third-order valence-electron chi connectivity index (χ3n) is 2.98. The van der Waals surface area contributed by atoms with Gasteiger partial charge in [-0.15, -0.1) is 0 Å². The summed E-state index contributed by atoms with van der Waals surface area (Å²) >= 11 is 0. The van der Waals surface area contributed by atoms with Crippen LogP contribution in [0.3, 0.4) is 0 Å². The van der Waals surface area contributed by atoms with Crippen LogP contribution in [0.15, 0.2) is 54.6 Å². The smallest absolute Gasteiger partial charge is 0.121 e. The van der Waals surface area contributed by atoms with Crippen LogP contribution in [-0.4, -0.2) is 18.8 Å². The van der Waals surface area contributed by atoms with E-state index in [0.29, 0.717) is 5.75 Å². The molecule has 3 nitrogen and oxygen atoms in total. The van der Waals surface area contributed by atoms with Crippen LogP contribution in [0.25, 0.3) is 0 Å². The first kappa shape index (κ1) is 13.4. The topological polar surface area (TPSA) is 38.7 Å². The van der Waals surface area contributed by atoms with Crippen molar-refractivity contribution < 1.29 is 14.6 Å². The summed E-state index contributed by atoms with van der Waals surface area (Å²) in [6.45, 7) is 1.94. The highest BCUT2D eigenvalue weighted by molar-refractivity contribution is 5.31. The third-order valence-corrected chi connectivity index (χ3v) is 2.98. The van der Waals surface area contributed by atoms with E-state index in [2.05, 4.69) is 0 Å². The normalized spacial score (nSPS) is 13.6. The minimum atomic E-state index is -1.01. The monoisotopic (exact) mass is 258 g/mol. The van der Waals surface area contributed by atoms with Gasteiger partial charge >= 0.3 is 0 Å². The molecule has 1 unspecified atom stereocenters. The molecule has 2 aromatic carbocycles. The van der Waals surface area contributed by atoms with Crippen molar-refractivity contribution in [1.29, 1.82) is 0 Å². The van der Waals surface area contributed by atoms with Gasteiger partial charge in [0, 0.05) is 0 Å². The van der Waals surface area contributed by atoms with Gasteiger partial charge in [0.2, 0.25) is 0 Å². The number of methoxy groups -OCH3 is 1. The van der Waals surface area contributed by atoms with Crippen molar-refractivity contribution in [2.45, 2.75) is 12.5 Å². The first-order chi connectivity index (χ1) is 9.12. The van der Waals surface area contributed by atoms with Crippen LogP contribution in [0.4, 0.5) is 0 Å². The fourth-order valence-electron chi connectivity index (χ4n) is 1.78. The second kappa shape index (κ2) is 5.76. The average Bonchev–Trinajstić information content (AvgIpc) is 2.47. The van der Waals surface area contributed by atoms with Gasteiger partial charge in [-0.1, -0.05) is 30.3 Å². The standard InChI is InChI=1S/C16H18O3/c1-16(17,13-6-4-3-5-7-13)12-19-15-10-8-14(18-2)9-11-15/h3-11,17H,12H2,1-2H3. The van der Waals surface area contributed by atoms with Crippen molar-refractivity contribution in [1.82, 2.24) is 0 Å². The number of ether oxygens (including phenoxy) is 2. The lowest BCUT2D eigenvalue weighted by atomic mass is 9.97. The fourth-order valence-corrected chi connectivity index (χ4v) is 1.78. The molecule has 0 spiro atoms. The molecule has 100 valence electrons. The van der Waals surface area contributed by atoms with Crippen LogP contribution in [0.5, 0.6) is 11.5 Å². The summed E-state index contributed by atoms with van der Waals surface area (Å²) < 4.78 is 10.7. The van der Waals surface area contributed by atoms with Crippen LogP contribution in [-0.2, 0) is 5.60 Å². The Labute approximate surface area is 113 Å². The van der Waals surface area contributed by atoms with Crippen LogP contribution >= 0.6 is 0 Å². The molecule has 1 N–H and O–H groups in total. The Bertz CT molecular complexity index is 503. The number of benzene rings is 2. The fraction of sp³-hybridized carbons (Fsp3) is 0.250. The molecule has 2 aromatic rings.